The van der Waals surface area contributed by atoms with Crippen molar-refractivity contribution in [3.63, 3.8) is 0 Å². The van der Waals surface area contributed by atoms with Crippen LogP contribution in [0.25, 0.3) is 11.3 Å². The molecule has 0 saturated carbocycles. The quantitative estimate of drug-likeness (QED) is 0.771. The van der Waals surface area contributed by atoms with E-state index in [1.165, 1.54) is 12.1 Å². The molecule has 2 heterocycles. The number of benzene rings is 1. The second kappa shape index (κ2) is 8.37. The first-order chi connectivity index (χ1) is 12.9. The number of rotatable bonds is 7. The van der Waals surface area contributed by atoms with Gasteiger partial charge in [-0.05, 0) is 38.5 Å². The SMILES string of the molecule is CCS(=O)(=O)N[C@H]1CCOC[C@@H]1COc1ccc(-c2cc(C)on2)cc1F. The molecular formula is C18H23FN2O5S. The lowest BCUT2D eigenvalue weighted by Crippen LogP contribution is -2.48. The summed E-state index contributed by atoms with van der Waals surface area (Å²) in [6, 6.07) is 6.00. The molecule has 9 heteroatoms. The van der Waals surface area contributed by atoms with Crippen LogP contribution in [0.15, 0.2) is 28.8 Å². The van der Waals surface area contributed by atoms with Crippen LogP contribution in [0.5, 0.6) is 5.75 Å². The van der Waals surface area contributed by atoms with Crippen molar-refractivity contribution in [3.8, 4) is 17.0 Å². The number of halogens is 1. The third-order valence-corrected chi connectivity index (χ3v) is 5.92. The molecule has 2 atom stereocenters. The molecule has 1 N–H and O–H groups in total. The molecule has 0 amide bonds. The molecule has 1 aromatic carbocycles. The van der Waals surface area contributed by atoms with Crippen LogP contribution in [-0.2, 0) is 14.8 Å². The molecule has 1 aliphatic rings. The van der Waals surface area contributed by atoms with E-state index in [9.17, 15) is 12.8 Å². The molecule has 1 fully saturated rings. The van der Waals surface area contributed by atoms with E-state index in [1.807, 2.05) is 0 Å². The summed E-state index contributed by atoms with van der Waals surface area (Å²) in [5.74, 6) is 0.0355. The molecular weight excluding hydrogens is 375 g/mol. The van der Waals surface area contributed by atoms with Crippen molar-refractivity contribution < 1.29 is 26.8 Å². The highest BCUT2D eigenvalue weighted by atomic mass is 32.2. The Labute approximate surface area is 157 Å². The van der Waals surface area contributed by atoms with Gasteiger partial charge in [-0.2, -0.15) is 0 Å². The smallest absolute Gasteiger partial charge is 0.211 e. The van der Waals surface area contributed by atoms with Gasteiger partial charge in [0.05, 0.1) is 19.0 Å². The van der Waals surface area contributed by atoms with Gasteiger partial charge in [-0.3, -0.25) is 0 Å². The molecule has 27 heavy (non-hydrogen) atoms. The highest BCUT2D eigenvalue weighted by Crippen LogP contribution is 2.26. The molecule has 148 valence electrons. The molecule has 0 spiro atoms. The second-order valence-electron chi connectivity index (χ2n) is 6.53. The second-order valence-corrected chi connectivity index (χ2v) is 8.57. The summed E-state index contributed by atoms with van der Waals surface area (Å²) in [6.07, 6.45) is 0.556. The first-order valence-corrected chi connectivity index (χ1v) is 10.5. The van der Waals surface area contributed by atoms with Gasteiger partial charge in [0.2, 0.25) is 10.0 Å². The number of hydrogen-bond acceptors (Lipinski definition) is 6. The molecule has 0 unspecified atom stereocenters. The molecule has 2 aromatic rings. The molecule has 1 saturated heterocycles. The van der Waals surface area contributed by atoms with Gasteiger partial charge in [-0.15, -0.1) is 0 Å². The Bertz CT molecular complexity index is 884. The molecule has 0 radical (unpaired) electrons. The van der Waals surface area contributed by atoms with Crippen LogP contribution in [0.2, 0.25) is 0 Å². The van der Waals surface area contributed by atoms with E-state index in [0.29, 0.717) is 36.7 Å². The minimum atomic E-state index is -3.33. The zero-order valence-corrected chi connectivity index (χ0v) is 16.1. The van der Waals surface area contributed by atoms with E-state index in [4.69, 9.17) is 14.0 Å². The van der Waals surface area contributed by atoms with Crippen LogP contribution in [0.1, 0.15) is 19.1 Å². The Kier molecular flexibility index (Phi) is 6.13. The van der Waals surface area contributed by atoms with Gasteiger partial charge < -0.3 is 14.0 Å². The summed E-state index contributed by atoms with van der Waals surface area (Å²) in [5, 5.41) is 3.86. The van der Waals surface area contributed by atoms with Crippen LogP contribution < -0.4 is 9.46 Å². The fraction of sp³-hybridized carbons (Fsp3) is 0.500. The van der Waals surface area contributed by atoms with Crippen molar-refractivity contribution in [1.82, 2.24) is 9.88 Å². The first kappa shape index (κ1) is 19.8. The largest absolute Gasteiger partial charge is 0.490 e. The highest BCUT2D eigenvalue weighted by molar-refractivity contribution is 7.89. The van der Waals surface area contributed by atoms with E-state index >= 15 is 0 Å². The van der Waals surface area contributed by atoms with Crippen molar-refractivity contribution in [2.75, 3.05) is 25.6 Å². The first-order valence-electron chi connectivity index (χ1n) is 8.81. The maximum Gasteiger partial charge on any atom is 0.211 e. The number of sulfonamides is 1. The lowest BCUT2D eigenvalue weighted by Gasteiger charge is -2.31. The molecule has 1 aliphatic heterocycles. The van der Waals surface area contributed by atoms with Crippen molar-refractivity contribution >= 4 is 10.0 Å². The topological polar surface area (TPSA) is 90.7 Å². The minimum Gasteiger partial charge on any atom is -0.490 e. The van der Waals surface area contributed by atoms with Crippen LogP contribution in [0.4, 0.5) is 4.39 Å². The number of ether oxygens (including phenoxy) is 2. The summed E-state index contributed by atoms with van der Waals surface area (Å²) >= 11 is 0. The van der Waals surface area contributed by atoms with Crippen molar-refractivity contribution in [1.29, 1.82) is 0 Å². The number of nitrogens with zero attached hydrogens (tertiary/aromatic N) is 1. The summed E-state index contributed by atoms with van der Waals surface area (Å²) < 4.78 is 56.8. The highest BCUT2D eigenvalue weighted by Gasteiger charge is 2.29. The van der Waals surface area contributed by atoms with Crippen LogP contribution in [-0.4, -0.2) is 45.2 Å². The minimum absolute atomic E-state index is 0.00947. The zero-order chi connectivity index (χ0) is 19.4. The van der Waals surface area contributed by atoms with E-state index < -0.39 is 15.8 Å². The van der Waals surface area contributed by atoms with Gasteiger partial charge in [0, 0.05) is 30.2 Å². The maximum atomic E-state index is 14.4. The Hall–Kier alpha value is -1.97. The van der Waals surface area contributed by atoms with Gasteiger partial charge in [0.1, 0.15) is 11.5 Å². The van der Waals surface area contributed by atoms with Crippen LogP contribution in [0.3, 0.4) is 0 Å². The van der Waals surface area contributed by atoms with Gasteiger partial charge in [0.15, 0.2) is 11.6 Å². The van der Waals surface area contributed by atoms with Gasteiger partial charge in [-0.25, -0.2) is 17.5 Å². The summed E-state index contributed by atoms with van der Waals surface area (Å²) in [7, 11) is -3.33. The van der Waals surface area contributed by atoms with E-state index in [0.717, 1.165) is 0 Å². The molecule has 1 aromatic heterocycles. The van der Waals surface area contributed by atoms with Crippen LogP contribution >= 0.6 is 0 Å². The Morgan fingerprint density at radius 1 is 1.37 bits per heavy atom. The van der Waals surface area contributed by atoms with Crippen molar-refractivity contribution in [2.24, 2.45) is 5.92 Å². The normalized spacial score (nSPS) is 20.6. The standard InChI is InChI=1S/C18H23FN2O5S/c1-3-27(22,23)21-16-6-7-24-10-14(16)11-25-18-5-4-13(9-15(18)19)17-8-12(2)26-20-17/h4-5,8-9,14,16,21H,3,6-7,10-11H2,1-2H3/t14-,16+/m1/s1. The maximum absolute atomic E-state index is 14.4. The number of aromatic nitrogens is 1. The average molecular weight is 398 g/mol. The van der Waals surface area contributed by atoms with Crippen molar-refractivity contribution in [2.45, 2.75) is 26.3 Å². The van der Waals surface area contributed by atoms with E-state index in [1.54, 1.807) is 26.0 Å². The lowest BCUT2D eigenvalue weighted by atomic mass is 9.98. The monoisotopic (exact) mass is 398 g/mol. The van der Waals surface area contributed by atoms with Crippen LogP contribution in [0, 0.1) is 18.7 Å². The van der Waals surface area contributed by atoms with Gasteiger partial charge >= 0.3 is 0 Å². The van der Waals surface area contributed by atoms with Crippen molar-refractivity contribution in [3.05, 3.63) is 35.8 Å². The van der Waals surface area contributed by atoms with Gasteiger partial charge in [-0.1, -0.05) is 5.16 Å². The fourth-order valence-corrected chi connectivity index (χ4v) is 3.84. The number of nitrogens with one attached hydrogen (secondary N) is 1. The summed E-state index contributed by atoms with van der Waals surface area (Å²) in [5.41, 5.74) is 1.14. The molecule has 0 aliphatic carbocycles. The molecule has 3 rings (SSSR count). The Balaban J connectivity index is 1.66. The average Bonchev–Trinajstić information content (AvgIpc) is 3.08. The predicted molar refractivity (Wildman–Crippen MR) is 97.4 cm³/mol. The zero-order valence-electron chi connectivity index (χ0n) is 15.3. The third-order valence-electron chi connectivity index (χ3n) is 4.49. The Morgan fingerprint density at radius 3 is 2.85 bits per heavy atom. The fourth-order valence-electron chi connectivity index (χ4n) is 2.91. The Morgan fingerprint density at radius 2 is 2.19 bits per heavy atom. The summed E-state index contributed by atoms with van der Waals surface area (Å²) in [6.45, 7) is 4.33. The number of hydrogen-bond donors (Lipinski definition) is 1. The lowest BCUT2D eigenvalue weighted by molar-refractivity contribution is 0.0180. The number of aryl methyl sites for hydroxylation is 1. The third kappa shape index (κ3) is 5.06. The molecule has 7 nitrogen and oxygen atoms in total. The molecule has 0 bridgehead atoms. The van der Waals surface area contributed by atoms with E-state index in [-0.39, 0.29) is 30.1 Å². The van der Waals surface area contributed by atoms with E-state index in [2.05, 4.69) is 9.88 Å². The summed E-state index contributed by atoms with van der Waals surface area (Å²) in [4.78, 5) is 0. The van der Waals surface area contributed by atoms with Gasteiger partial charge in [0.25, 0.3) is 0 Å². The predicted octanol–water partition coefficient (Wildman–Crippen LogP) is 2.51.